The fraction of sp³-hybridized carbons (Fsp3) is 0.188. The van der Waals surface area contributed by atoms with Gasteiger partial charge in [-0.3, -0.25) is 4.79 Å². The molecule has 0 saturated heterocycles. The second-order valence-corrected chi connectivity index (χ2v) is 4.46. The van der Waals surface area contributed by atoms with Crippen molar-refractivity contribution in [3.8, 4) is 0 Å². The van der Waals surface area contributed by atoms with Gasteiger partial charge in [0.25, 0.3) is 0 Å². The van der Waals surface area contributed by atoms with Crippen molar-refractivity contribution < 1.29 is 9.53 Å². The lowest BCUT2D eigenvalue weighted by Crippen LogP contribution is -2.19. The Hall–Kier alpha value is -2.33. The van der Waals surface area contributed by atoms with Crippen LogP contribution >= 0.6 is 0 Å². The predicted octanol–water partition coefficient (Wildman–Crippen LogP) is 2.47. The fourth-order valence-corrected chi connectivity index (χ4v) is 1.76. The van der Waals surface area contributed by atoms with Crippen molar-refractivity contribution in [3.05, 3.63) is 60.2 Å². The molecular weight excluding hydrogens is 252 g/mol. The molecule has 2 aromatic carbocycles. The number of anilines is 2. The average molecular weight is 270 g/mol. The standard InChI is InChI=1S/C16H18N2O2/c17-14-6-8-15(9-7-14)18-16(19)12-20-11-10-13-4-2-1-3-5-13/h1-9H,10-12,17H2,(H,18,19). The van der Waals surface area contributed by atoms with E-state index in [0.29, 0.717) is 12.3 Å². The Kier molecular flexibility index (Phi) is 5.15. The van der Waals surface area contributed by atoms with E-state index in [4.69, 9.17) is 10.5 Å². The average Bonchev–Trinajstić information content (AvgIpc) is 2.47. The number of benzene rings is 2. The third-order valence-corrected chi connectivity index (χ3v) is 2.81. The SMILES string of the molecule is Nc1ccc(NC(=O)COCCc2ccccc2)cc1. The van der Waals surface area contributed by atoms with E-state index in [1.807, 2.05) is 30.3 Å². The number of nitrogens with two attached hydrogens (primary N) is 1. The topological polar surface area (TPSA) is 64.3 Å². The molecule has 0 atom stereocenters. The van der Waals surface area contributed by atoms with E-state index >= 15 is 0 Å². The van der Waals surface area contributed by atoms with Gasteiger partial charge in [-0.25, -0.2) is 0 Å². The van der Waals surface area contributed by atoms with Crippen molar-refractivity contribution >= 4 is 17.3 Å². The molecule has 0 fully saturated rings. The summed E-state index contributed by atoms with van der Waals surface area (Å²) in [5.74, 6) is -0.164. The lowest BCUT2D eigenvalue weighted by Gasteiger charge is -2.06. The molecule has 0 unspecified atom stereocenters. The minimum absolute atomic E-state index is 0.0528. The summed E-state index contributed by atoms with van der Waals surface area (Å²) < 4.78 is 5.36. The molecule has 2 rings (SSSR count). The third kappa shape index (κ3) is 4.74. The van der Waals surface area contributed by atoms with E-state index in [1.54, 1.807) is 24.3 Å². The molecule has 1 amide bonds. The maximum atomic E-state index is 11.6. The van der Waals surface area contributed by atoms with E-state index in [1.165, 1.54) is 5.56 Å². The number of nitrogen functional groups attached to an aromatic ring is 1. The molecular formula is C16H18N2O2. The van der Waals surface area contributed by atoms with Crippen molar-refractivity contribution in [1.82, 2.24) is 0 Å². The predicted molar refractivity (Wildman–Crippen MR) is 80.4 cm³/mol. The highest BCUT2D eigenvalue weighted by Crippen LogP contribution is 2.10. The number of carbonyl (C=O) groups is 1. The zero-order valence-electron chi connectivity index (χ0n) is 11.2. The van der Waals surface area contributed by atoms with E-state index in [-0.39, 0.29) is 12.5 Å². The van der Waals surface area contributed by atoms with Gasteiger partial charge < -0.3 is 15.8 Å². The lowest BCUT2D eigenvalue weighted by molar-refractivity contribution is -0.120. The Balaban J connectivity index is 1.66. The molecule has 0 aliphatic rings. The first-order valence-electron chi connectivity index (χ1n) is 6.51. The van der Waals surface area contributed by atoms with Gasteiger partial charge in [-0.05, 0) is 36.2 Å². The van der Waals surface area contributed by atoms with Crippen molar-refractivity contribution in [2.75, 3.05) is 24.3 Å². The fourth-order valence-electron chi connectivity index (χ4n) is 1.76. The van der Waals surface area contributed by atoms with Crippen molar-refractivity contribution in [2.24, 2.45) is 0 Å². The molecule has 0 saturated carbocycles. The largest absolute Gasteiger partial charge is 0.399 e. The minimum atomic E-state index is -0.164. The van der Waals surface area contributed by atoms with Gasteiger partial charge in [0.15, 0.2) is 0 Å². The molecule has 104 valence electrons. The Bertz CT molecular complexity index is 538. The maximum Gasteiger partial charge on any atom is 0.250 e. The van der Waals surface area contributed by atoms with Gasteiger partial charge in [0.1, 0.15) is 6.61 Å². The van der Waals surface area contributed by atoms with Crippen molar-refractivity contribution in [1.29, 1.82) is 0 Å². The van der Waals surface area contributed by atoms with Crippen LogP contribution in [0.1, 0.15) is 5.56 Å². The van der Waals surface area contributed by atoms with Gasteiger partial charge in [-0.15, -0.1) is 0 Å². The molecule has 0 aliphatic carbocycles. The van der Waals surface area contributed by atoms with Crippen molar-refractivity contribution in [3.63, 3.8) is 0 Å². The highest BCUT2D eigenvalue weighted by Gasteiger charge is 2.02. The van der Waals surface area contributed by atoms with Crippen LogP contribution < -0.4 is 11.1 Å². The van der Waals surface area contributed by atoms with E-state index in [9.17, 15) is 4.79 Å². The smallest absolute Gasteiger partial charge is 0.250 e. The Morgan fingerprint density at radius 2 is 1.75 bits per heavy atom. The highest BCUT2D eigenvalue weighted by atomic mass is 16.5. The molecule has 4 heteroatoms. The summed E-state index contributed by atoms with van der Waals surface area (Å²) in [6.07, 6.45) is 0.802. The molecule has 2 aromatic rings. The number of nitrogens with one attached hydrogen (secondary N) is 1. The number of ether oxygens (including phenoxy) is 1. The first-order valence-corrected chi connectivity index (χ1v) is 6.51. The molecule has 0 aromatic heterocycles. The van der Waals surface area contributed by atoms with Crippen LogP contribution in [0.15, 0.2) is 54.6 Å². The van der Waals surface area contributed by atoms with E-state index in [2.05, 4.69) is 5.32 Å². The highest BCUT2D eigenvalue weighted by molar-refractivity contribution is 5.91. The summed E-state index contributed by atoms with van der Waals surface area (Å²) in [5, 5.41) is 2.75. The van der Waals surface area contributed by atoms with Crippen molar-refractivity contribution in [2.45, 2.75) is 6.42 Å². The normalized spacial score (nSPS) is 10.2. The van der Waals surface area contributed by atoms with Gasteiger partial charge >= 0.3 is 0 Å². The van der Waals surface area contributed by atoms with Crippen LogP contribution in [-0.4, -0.2) is 19.1 Å². The molecule has 0 bridgehead atoms. The Morgan fingerprint density at radius 3 is 2.45 bits per heavy atom. The summed E-state index contributed by atoms with van der Waals surface area (Å²) in [7, 11) is 0. The van der Waals surface area contributed by atoms with E-state index in [0.717, 1.165) is 12.1 Å². The Morgan fingerprint density at radius 1 is 1.05 bits per heavy atom. The van der Waals surface area contributed by atoms with Crippen LogP contribution in [0.5, 0.6) is 0 Å². The van der Waals surface area contributed by atoms with Crippen LogP contribution in [0, 0.1) is 0 Å². The van der Waals surface area contributed by atoms with Crippen LogP contribution in [0.3, 0.4) is 0 Å². The molecule has 4 nitrogen and oxygen atoms in total. The van der Waals surface area contributed by atoms with Crippen LogP contribution in [0.25, 0.3) is 0 Å². The number of carbonyl (C=O) groups excluding carboxylic acids is 1. The van der Waals surface area contributed by atoms with Gasteiger partial charge in [0.2, 0.25) is 5.91 Å². The molecule has 0 radical (unpaired) electrons. The monoisotopic (exact) mass is 270 g/mol. The molecule has 0 spiro atoms. The lowest BCUT2D eigenvalue weighted by atomic mass is 10.2. The summed E-state index contributed by atoms with van der Waals surface area (Å²) in [5.41, 5.74) is 8.16. The van der Waals surface area contributed by atoms with Crippen LogP contribution in [-0.2, 0) is 16.0 Å². The summed E-state index contributed by atoms with van der Waals surface area (Å²) in [4.78, 5) is 11.6. The van der Waals surface area contributed by atoms with Gasteiger partial charge in [-0.2, -0.15) is 0 Å². The first-order chi connectivity index (χ1) is 9.74. The summed E-state index contributed by atoms with van der Waals surface area (Å²) in [6.45, 7) is 0.580. The second kappa shape index (κ2) is 7.31. The Labute approximate surface area is 118 Å². The van der Waals surface area contributed by atoms with E-state index < -0.39 is 0 Å². The van der Waals surface area contributed by atoms with Crippen LogP contribution in [0.2, 0.25) is 0 Å². The summed E-state index contributed by atoms with van der Waals surface area (Å²) in [6, 6.07) is 17.0. The van der Waals surface area contributed by atoms with Gasteiger partial charge in [-0.1, -0.05) is 30.3 Å². The quantitative estimate of drug-likeness (QED) is 0.626. The number of hydrogen-bond donors (Lipinski definition) is 2. The van der Waals surface area contributed by atoms with Crippen LogP contribution in [0.4, 0.5) is 11.4 Å². The molecule has 0 aliphatic heterocycles. The van der Waals surface area contributed by atoms with Gasteiger partial charge in [0, 0.05) is 11.4 Å². The maximum absolute atomic E-state index is 11.6. The third-order valence-electron chi connectivity index (χ3n) is 2.81. The second-order valence-electron chi connectivity index (χ2n) is 4.46. The number of hydrogen-bond acceptors (Lipinski definition) is 3. The first kappa shape index (κ1) is 14.1. The zero-order valence-corrected chi connectivity index (χ0v) is 11.2. The number of amides is 1. The van der Waals surface area contributed by atoms with Gasteiger partial charge in [0.05, 0.1) is 6.61 Å². The molecule has 20 heavy (non-hydrogen) atoms. The zero-order chi connectivity index (χ0) is 14.2. The summed E-state index contributed by atoms with van der Waals surface area (Å²) >= 11 is 0. The minimum Gasteiger partial charge on any atom is -0.399 e. The molecule has 3 N–H and O–H groups in total. The number of rotatable bonds is 6. The molecule has 0 heterocycles.